The third kappa shape index (κ3) is 2.64. The first-order valence-corrected chi connectivity index (χ1v) is 10.3. The van der Waals surface area contributed by atoms with Crippen molar-refractivity contribution in [3.63, 3.8) is 0 Å². The summed E-state index contributed by atoms with van der Waals surface area (Å²) in [5.74, 6) is 0.655. The lowest BCUT2D eigenvalue weighted by atomic mass is 10.2. The Morgan fingerprint density at radius 2 is 1.63 bits per heavy atom. The van der Waals surface area contributed by atoms with Crippen LogP contribution in [0.15, 0.2) is 53.3 Å². The lowest BCUT2D eigenvalue weighted by molar-refractivity contribution is 0.497. The van der Waals surface area contributed by atoms with E-state index < -0.39 is 0 Å². The third-order valence-electron chi connectivity index (χ3n) is 5.61. The van der Waals surface area contributed by atoms with Gasteiger partial charge in [0.25, 0.3) is 5.56 Å². The number of hydrogen-bond donors (Lipinski definition) is 0. The molecule has 150 valence electrons. The average Bonchev–Trinajstić information content (AvgIpc) is 3.05. The van der Waals surface area contributed by atoms with Crippen molar-refractivity contribution in [3.8, 4) is 5.69 Å². The van der Waals surface area contributed by atoms with Crippen LogP contribution in [0.2, 0.25) is 5.02 Å². The molecule has 0 spiro atoms. The van der Waals surface area contributed by atoms with Gasteiger partial charge in [-0.05, 0) is 44.5 Å². The lowest BCUT2D eigenvalue weighted by Crippen LogP contribution is -2.26. The molecule has 0 fully saturated rings. The molecule has 3 aromatic heterocycles. The minimum atomic E-state index is -0.104. The monoisotopic (exact) mass is 417 g/mol. The van der Waals surface area contributed by atoms with E-state index in [4.69, 9.17) is 26.6 Å². The second-order valence-corrected chi connectivity index (χ2v) is 7.87. The maximum absolute atomic E-state index is 13.6. The van der Waals surface area contributed by atoms with Crippen molar-refractivity contribution in [1.29, 1.82) is 0 Å². The van der Waals surface area contributed by atoms with Crippen LogP contribution in [-0.2, 0) is 0 Å². The quantitative estimate of drug-likeness (QED) is 0.404. The summed E-state index contributed by atoms with van der Waals surface area (Å²) >= 11 is 6.54. The van der Waals surface area contributed by atoms with E-state index in [1.165, 1.54) is 0 Å². The number of para-hydroxylation sites is 3. The Hall–Kier alpha value is -3.25. The van der Waals surface area contributed by atoms with E-state index in [2.05, 4.69) is 6.92 Å². The van der Waals surface area contributed by atoms with Crippen molar-refractivity contribution in [2.24, 2.45) is 0 Å². The van der Waals surface area contributed by atoms with Crippen LogP contribution in [0.3, 0.4) is 0 Å². The molecule has 5 aromatic rings. The number of aryl methyl sites for hydroxylation is 1. The van der Waals surface area contributed by atoms with E-state index in [0.29, 0.717) is 33.0 Å². The van der Waals surface area contributed by atoms with Crippen molar-refractivity contribution in [2.45, 2.75) is 33.2 Å². The number of fused-ring (bicyclic) bond motifs is 4. The van der Waals surface area contributed by atoms with E-state index in [-0.39, 0.29) is 11.6 Å². The second kappa shape index (κ2) is 6.92. The first kappa shape index (κ1) is 18.8. The van der Waals surface area contributed by atoms with Crippen LogP contribution in [-0.4, -0.2) is 24.1 Å². The molecular formula is C23H20ClN5O. The van der Waals surface area contributed by atoms with Crippen LogP contribution in [0.5, 0.6) is 0 Å². The molecule has 0 saturated heterocycles. The number of benzene rings is 2. The fourth-order valence-electron chi connectivity index (χ4n) is 3.97. The molecular weight excluding hydrogens is 398 g/mol. The van der Waals surface area contributed by atoms with Gasteiger partial charge >= 0.3 is 0 Å². The zero-order valence-electron chi connectivity index (χ0n) is 16.9. The summed E-state index contributed by atoms with van der Waals surface area (Å²) < 4.78 is 3.59. The van der Waals surface area contributed by atoms with E-state index >= 15 is 0 Å². The van der Waals surface area contributed by atoms with Crippen LogP contribution in [0.25, 0.3) is 38.9 Å². The predicted octanol–water partition coefficient (Wildman–Crippen LogP) is 5.22. The fourth-order valence-corrected chi connectivity index (χ4v) is 4.19. The van der Waals surface area contributed by atoms with Gasteiger partial charge in [-0.15, -0.1) is 0 Å². The molecule has 0 saturated carbocycles. The Labute approximate surface area is 177 Å². The summed E-state index contributed by atoms with van der Waals surface area (Å²) in [4.78, 5) is 28.1. The van der Waals surface area contributed by atoms with Crippen LogP contribution in [0.1, 0.15) is 32.1 Å². The summed E-state index contributed by atoms with van der Waals surface area (Å²) in [7, 11) is 0. The first-order chi connectivity index (χ1) is 14.5. The summed E-state index contributed by atoms with van der Waals surface area (Å²) in [5.41, 5.74) is 3.73. The largest absolute Gasteiger partial charge is 0.293 e. The van der Waals surface area contributed by atoms with Gasteiger partial charge in [0.15, 0.2) is 11.3 Å². The highest BCUT2D eigenvalue weighted by atomic mass is 35.5. The first-order valence-electron chi connectivity index (χ1n) is 9.96. The van der Waals surface area contributed by atoms with E-state index in [9.17, 15) is 4.79 Å². The minimum absolute atomic E-state index is 0.0292. The molecule has 0 amide bonds. The van der Waals surface area contributed by atoms with Crippen molar-refractivity contribution in [3.05, 3.63) is 69.7 Å². The van der Waals surface area contributed by atoms with Gasteiger partial charge in [-0.25, -0.2) is 15.0 Å². The van der Waals surface area contributed by atoms with Gasteiger partial charge < -0.3 is 0 Å². The van der Waals surface area contributed by atoms with Gasteiger partial charge in [-0.2, -0.15) is 0 Å². The number of nitrogens with zero attached hydrogens (tertiary/aromatic N) is 5. The maximum atomic E-state index is 13.6. The molecule has 0 aliphatic heterocycles. The molecule has 7 heteroatoms. The van der Waals surface area contributed by atoms with Crippen molar-refractivity contribution in [2.75, 3.05) is 0 Å². The van der Waals surface area contributed by atoms with Crippen molar-refractivity contribution >= 4 is 44.8 Å². The van der Waals surface area contributed by atoms with Gasteiger partial charge in [0.2, 0.25) is 0 Å². The molecule has 0 aliphatic carbocycles. The Bertz CT molecular complexity index is 1500. The van der Waals surface area contributed by atoms with Gasteiger partial charge in [-0.1, -0.05) is 42.8 Å². The molecule has 1 atom stereocenters. The zero-order valence-corrected chi connectivity index (χ0v) is 17.7. The minimum Gasteiger partial charge on any atom is -0.293 e. The second-order valence-electron chi connectivity index (χ2n) is 7.46. The molecule has 0 radical (unpaired) electrons. The lowest BCUT2D eigenvalue weighted by Gasteiger charge is -2.16. The molecule has 5 rings (SSSR count). The summed E-state index contributed by atoms with van der Waals surface area (Å²) in [6.07, 6.45) is 0.825. The van der Waals surface area contributed by atoms with Crippen molar-refractivity contribution < 1.29 is 0 Å². The SMILES string of the molecule is CC[C@H](C)n1c(C)nc2c(c1=O)c1nc3ccccc3nc1n2-c1ccccc1Cl. The Morgan fingerprint density at radius 3 is 2.33 bits per heavy atom. The smallest absolute Gasteiger partial charge is 0.265 e. The van der Waals surface area contributed by atoms with Crippen LogP contribution >= 0.6 is 11.6 Å². The number of aromatic nitrogens is 5. The van der Waals surface area contributed by atoms with E-state index in [1.54, 1.807) is 4.57 Å². The standard InChI is InChI=1S/C23H20ClN5O/c1-4-13(2)28-14(3)25-21-19(23(28)30)20-22(27-17-11-7-6-10-16(17)26-20)29(21)18-12-8-5-9-15(18)24/h5-13H,4H2,1-3H3/t13-/m0/s1. The van der Waals surface area contributed by atoms with Gasteiger partial charge in [0.05, 0.1) is 21.7 Å². The molecule has 0 N–H and O–H groups in total. The molecule has 6 nitrogen and oxygen atoms in total. The molecule has 3 heterocycles. The highest BCUT2D eigenvalue weighted by Crippen LogP contribution is 2.31. The molecule has 0 aliphatic rings. The van der Waals surface area contributed by atoms with Crippen molar-refractivity contribution in [1.82, 2.24) is 24.1 Å². The number of hydrogen-bond acceptors (Lipinski definition) is 4. The Balaban J connectivity index is 2.05. The Kier molecular flexibility index (Phi) is 4.33. The zero-order chi connectivity index (χ0) is 21.0. The van der Waals surface area contributed by atoms with Crippen LogP contribution in [0, 0.1) is 6.92 Å². The molecule has 0 unspecified atom stereocenters. The topological polar surface area (TPSA) is 65.6 Å². The number of rotatable bonds is 3. The molecule has 2 aromatic carbocycles. The summed E-state index contributed by atoms with van der Waals surface area (Å²) in [6.45, 7) is 5.94. The normalized spacial score (nSPS) is 12.8. The number of halogens is 1. The summed E-state index contributed by atoms with van der Waals surface area (Å²) in [6, 6.07) is 15.2. The predicted molar refractivity (Wildman–Crippen MR) is 121 cm³/mol. The van der Waals surface area contributed by atoms with Crippen LogP contribution < -0.4 is 5.56 Å². The van der Waals surface area contributed by atoms with Crippen LogP contribution in [0.4, 0.5) is 0 Å². The van der Waals surface area contributed by atoms with Gasteiger partial charge in [0.1, 0.15) is 16.7 Å². The van der Waals surface area contributed by atoms with E-state index in [1.807, 2.05) is 66.9 Å². The highest BCUT2D eigenvalue weighted by molar-refractivity contribution is 6.32. The highest BCUT2D eigenvalue weighted by Gasteiger charge is 2.24. The van der Waals surface area contributed by atoms with E-state index in [0.717, 1.165) is 23.1 Å². The summed E-state index contributed by atoms with van der Waals surface area (Å²) in [5, 5.41) is 1.02. The fraction of sp³-hybridized carbons (Fsp3) is 0.217. The van der Waals surface area contributed by atoms with Gasteiger partial charge in [-0.3, -0.25) is 13.9 Å². The third-order valence-corrected chi connectivity index (χ3v) is 5.93. The molecule has 30 heavy (non-hydrogen) atoms. The average molecular weight is 418 g/mol. The maximum Gasteiger partial charge on any atom is 0.265 e. The van der Waals surface area contributed by atoms with Gasteiger partial charge in [0, 0.05) is 6.04 Å². The molecule has 0 bridgehead atoms. The Morgan fingerprint density at radius 1 is 0.967 bits per heavy atom.